The van der Waals surface area contributed by atoms with Gasteiger partial charge in [-0.1, -0.05) is 66.6 Å². The van der Waals surface area contributed by atoms with Gasteiger partial charge in [-0.3, -0.25) is 0 Å². The monoisotopic (exact) mass is 303 g/mol. The highest BCUT2D eigenvalue weighted by Crippen LogP contribution is 2.33. The van der Waals surface area contributed by atoms with Crippen molar-refractivity contribution in [2.24, 2.45) is 0 Å². The first-order chi connectivity index (χ1) is 10.6. The van der Waals surface area contributed by atoms with Crippen LogP contribution in [0.1, 0.15) is 16.7 Å². The van der Waals surface area contributed by atoms with Crippen molar-refractivity contribution in [3.05, 3.63) is 89.5 Å². The smallest absolute Gasteiger partial charge is 0.0168 e. The molecule has 0 nitrogen and oxygen atoms in total. The van der Waals surface area contributed by atoms with Gasteiger partial charge in [-0.15, -0.1) is 5.30 Å². The number of rotatable bonds is 3. The first kappa shape index (κ1) is 15.0. The molecule has 0 N–H and O–H groups in total. The molecule has 0 radical (unpaired) electrons. The highest BCUT2D eigenvalue weighted by Gasteiger charge is 2.13. The molecule has 0 saturated carbocycles. The molecular weight excluding hydrogens is 283 g/mol. The van der Waals surface area contributed by atoms with Crippen LogP contribution in [0.25, 0.3) is 0 Å². The maximum Gasteiger partial charge on any atom is -0.0168 e. The van der Waals surface area contributed by atoms with E-state index in [0.29, 0.717) is 0 Å². The second-order valence-electron chi connectivity index (χ2n) is 5.76. The van der Waals surface area contributed by atoms with Gasteiger partial charge < -0.3 is 0 Å². The lowest BCUT2D eigenvalue weighted by atomic mass is 10.2. The van der Waals surface area contributed by atoms with Gasteiger partial charge in [0.1, 0.15) is 0 Å². The molecule has 0 aliphatic heterocycles. The molecule has 0 aromatic heterocycles. The van der Waals surface area contributed by atoms with Crippen molar-refractivity contribution < 1.29 is 0 Å². The Kier molecular flexibility index (Phi) is 4.41. The number of aryl methyl sites for hydroxylation is 3. The van der Waals surface area contributed by atoms with E-state index in [1.54, 1.807) is 0 Å². The third-order valence-corrected chi connectivity index (χ3v) is 6.03. The second-order valence-corrected chi connectivity index (χ2v) is 7.95. The molecule has 0 bridgehead atoms. The molecule has 1 heteroatoms. The summed E-state index contributed by atoms with van der Waals surface area (Å²) < 4.78 is 0. The number of hydrogen-bond acceptors (Lipinski definition) is 0. The van der Waals surface area contributed by atoms with E-state index in [2.05, 4.69) is 87.5 Å². The average Bonchev–Trinajstić information content (AvgIpc) is 2.48. The van der Waals surface area contributed by atoms with Gasteiger partial charge in [0.15, 0.2) is 0 Å². The minimum absolute atomic E-state index is 0.550. The van der Waals surface area contributed by atoms with Gasteiger partial charge in [0.25, 0.3) is 0 Å². The molecule has 0 spiro atoms. The van der Waals surface area contributed by atoms with E-state index in [1.165, 1.54) is 32.6 Å². The minimum atomic E-state index is -0.550. The lowest BCUT2D eigenvalue weighted by Crippen LogP contribution is -2.21. The topological polar surface area (TPSA) is 0 Å². The summed E-state index contributed by atoms with van der Waals surface area (Å²) in [4.78, 5) is 0. The molecule has 0 aliphatic rings. The van der Waals surface area contributed by atoms with Crippen LogP contribution in [0.15, 0.2) is 66.7 Å². The molecule has 3 aromatic rings. The Morgan fingerprint density at radius 3 is 1.73 bits per heavy atom. The summed E-state index contributed by atoms with van der Waals surface area (Å²) in [6, 6.07) is 27.7. The summed E-state index contributed by atoms with van der Waals surface area (Å²) in [5.74, 6) is 0. The Bertz CT molecular complexity index is 681. The Balaban J connectivity index is 2.18. The average molecular weight is 303 g/mol. The predicted molar refractivity (Wildman–Crippen MR) is 98.2 cm³/mol. The van der Waals surface area contributed by atoms with Gasteiger partial charge in [0, 0.05) is 0 Å². The van der Waals surface area contributed by atoms with E-state index in [9.17, 15) is 0 Å². The van der Waals surface area contributed by atoms with Crippen molar-refractivity contribution in [3.8, 4) is 0 Å². The van der Waals surface area contributed by atoms with Gasteiger partial charge >= 0.3 is 0 Å². The van der Waals surface area contributed by atoms with Gasteiger partial charge in [-0.2, -0.15) is 29.8 Å². The second kappa shape index (κ2) is 6.46. The Labute approximate surface area is 134 Å². The van der Waals surface area contributed by atoms with E-state index < -0.39 is 7.92 Å². The third kappa shape index (κ3) is 3.29. The molecule has 0 unspecified atom stereocenters. The van der Waals surface area contributed by atoms with E-state index in [0.717, 1.165) is 0 Å². The van der Waals surface area contributed by atoms with E-state index >= 15 is 0 Å². The molecule has 0 saturated heterocycles. The Hall–Kier alpha value is -1.91. The summed E-state index contributed by atoms with van der Waals surface area (Å²) in [6.45, 7) is 6.47. The fraction of sp³-hybridized carbons (Fsp3) is 0.143. The Morgan fingerprint density at radius 2 is 1.23 bits per heavy atom. The van der Waals surface area contributed by atoms with Crippen LogP contribution in [0.4, 0.5) is 0 Å². The highest BCUT2D eigenvalue weighted by atomic mass is 31.1. The Morgan fingerprint density at radius 1 is 0.682 bits per heavy atom. The van der Waals surface area contributed by atoms with Crippen LogP contribution in [0.5, 0.6) is 0 Å². The van der Waals surface area contributed by atoms with Gasteiger partial charge in [-0.25, -0.2) is 0 Å². The van der Waals surface area contributed by atoms with Crippen molar-refractivity contribution in [1.82, 2.24) is 0 Å². The summed E-state index contributed by atoms with van der Waals surface area (Å²) >= 11 is 0. The van der Waals surface area contributed by atoms with Gasteiger partial charge in [0.05, 0.1) is 0 Å². The zero-order valence-electron chi connectivity index (χ0n) is 13.3. The van der Waals surface area contributed by atoms with Crippen LogP contribution in [0.3, 0.4) is 0 Å². The molecule has 0 aliphatic carbocycles. The fourth-order valence-corrected chi connectivity index (χ4v) is 5.18. The third-order valence-electron chi connectivity index (χ3n) is 3.70. The van der Waals surface area contributed by atoms with E-state index in [1.807, 2.05) is 6.07 Å². The van der Waals surface area contributed by atoms with E-state index in [-0.39, 0.29) is 0 Å². The van der Waals surface area contributed by atoms with E-state index in [4.69, 9.17) is 0 Å². The van der Waals surface area contributed by atoms with Crippen molar-refractivity contribution in [2.75, 3.05) is 0 Å². The van der Waals surface area contributed by atoms with Crippen LogP contribution < -0.4 is 15.9 Å². The molecule has 110 valence electrons. The van der Waals surface area contributed by atoms with Crippen molar-refractivity contribution in [2.45, 2.75) is 20.8 Å². The lowest BCUT2D eigenvalue weighted by Gasteiger charge is -2.24. The maximum atomic E-state index is 3.47. The van der Waals surface area contributed by atoms with Crippen molar-refractivity contribution in [1.29, 1.82) is 0 Å². The zero-order valence-corrected chi connectivity index (χ0v) is 14.2. The fourth-order valence-electron chi connectivity index (χ4n) is 2.65. The first-order valence-electron chi connectivity index (χ1n) is 7.55. The SMILES string of the molecule is Cc1cc[c-]c(P(c2cccc(C)c2)c2cccc(C)c2)c1. The van der Waals surface area contributed by atoms with Gasteiger partial charge in [-0.05, 0) is 32.4 Å². The van der Waals surface area contributed by atoms with Crippen LogP contribution in [0.2, 0.25) is 0 Å². The van der Waals surface area contributed by atoms with Crippen LogP contribution in [-0.2, 0) is 0 Å². The largest absolute Gasteiger partial charge is 0.176 e. The standard InChI is InChI=1S/C21H20P/c1-16-7-4-10-19(13-16)22(20-11-5-8-17(2)14-20)21-12-6-9-18(3)15-21/h4-11,13-15H,1-3H3/q-1. The molecule has 0 atom stereocenters. The summed E-state index contributed by atoms with van der Waals surface area (Å²) in [5, 5.41) is 4.08. The highest BCUT2D eigenvalue weighted by molar-refractivity contribution is 7.79. The van der Waals surface area contributed by atoms with Crippen LogP contribution in [-0.4, -0.2) is 0 Å². The minimum Gasteiger partial charge on any atom is -0.176 e. The number of hydrogen-bond donors (Lipinski definition) is 0. The van der Waals surface area contributed by atoms with Crippen LogP contribution in [0, 0.1) is 26.8 Å². The summed E-state index contributed by atoms with van der Waals surface area (Å²) in [7, 11) is -0.550. The molecule has 22 heavy (non-hydrogen) atoms. The van der Waals surface area contributed by atoms with Crippen molar-refractivity contribution in [3.63, 3.8) is 0 Å². The summed E-state index contributed by atoms with van der Waals surface area (Å²) in [6.07, 6.45) is 0. The van der Waals surface area contributed by atoms with Crippen molar-refractivity contribution >= 4 is 23.8 Å². The lowest BCUT2D eigenvalue weighted by molar-refractivity contribution is 1.48. The number of benzene rings is 3. The zero-order chi connectivity index (χ0) is 15.5. The molecule has 0 amide bonds. The van der Waals surface area contributed by atoms with Crippen LogP contribution >= 0.6 is 7.92 Å². The molecule has 3 aromatic carbocycles. The quantitative estimate of drug-likeness (QED) is 0.503. The molecule has 0 heterocycles. The van der Waals surface area contributed by atoms with Gasteiger partial charge in [0.2, 0.25) is 0 Å². The molecule has 0 fully saturated rings. The predicted octanol–water partition coefficient (Wildman–Crippen LogP) is 4.17. The first-order valence-corrected chi connectivity index (χ1v) is 8.89. The maximum absolute atomic E-state index is 3.47. The summed E-state index contributed by atoms with van der Waals surface area (Å²) in [5.41, 5.74) is 3.91. The molecular formula is C21H20P-. The normalized spacial score (nSPS) is 10.9. The molecule has 3 rings (SSSR count).